The first-order valence-corrected chi connectivity index (χ1v) is 13.9. The minimum atomic E-state index is -2.98. The Morgan fingerprint density at radius 2 is 1.84 bits per heavy atom. The lowest BCUT2D eigenvalue weighted by atomic mass is 9.87. The highest BCUT2D eigenvalue weighted by Gasteiger charge is 2.50. The largest absolute Gasteiger partial charge is 0.383 e. The molecule has 1 aliphatic carbocycles. The van der Waals surface area contributed by atoms with Crippen LogP contribution >= 0.6 is 22.6 Å². The van der Waals surface area contributed by atoms with Gasteiger partial charge >= 0.3 is 0 Å². The van der Waals surface area contributed by atoms with Gasteiger partial charge in [-0.05, 0) is 52.4 Å². The Kier molecular flexibility index (Phi) is 8.34. The molecule has 3 amide bonds. The molecule has 1 saturated carbocycles. The van der Waals surface area contributed by atoms with Gasteiger partial charge in [0.15, 0.2) is 0 Å². The van der Waals surface area contributed by atoms with Crippen LogP contribution < -0.4 is 15.1 Å². The number of benzene rings is 2. The van der Waals surface area contributed by atoms with E-state index in [-0.39, 0.29) is 11.3 Å². The van der Waals surface area contributed by atoms with Crippen molar-refractivity contribution in [3.63, 3.8) is 0 Å². The highest BCUT2D eigenvalue weighted by molar-refractivity contribution is 14.1. The summed E-state index contributed by atoms with van der Waals surface area (Å²) in [4.78, 5) is 50.8. The summed E-state index contributed by atoms with van der Waals surface area (Å²) < 4.78 is 56.8. The van der Waals surface area contributed by atoms with Crippen LogP contribution in [0, 0.1) is 26.5 Å². The van der Waals surface area contributed by atoms with E-state index >= 15 is 0 Å². The highest BCUT2D eigenvalue weighted by Crippen LogP contribution is 2.39. The first-order valence-electron chi connectivity index (χ1n) is 12.8. The second-order valence-corrected chi connectivity index (χ2v) is 11.2. The summed E-state index contributed by atoms with van der Waals surface area (Å²) in [5.74, 6) is -8.49. The van der Waals surface area contributed by atoms with E-state index in [2.05, 4.69) is 15.3 Å². The first-order chi connectivity index (χ1) is 20.4. The smallest absolute Gasteiger partial charge is 0.259 e. The lowest BCUT2D eigenvalue weighted by Gasteiger charge is -2.39. The van der Waals surface area contributed by atoms with Crippen LogP contribution in [0.25, 0.3) is 0 Å². The SMILES string of the molecule is N#Cc1ccnc(N2C(=O)[C@H](O)C[C@H]2C(=O)N(c2cc(F)cc(F)c2)[C@@H](C(=O)NC2CC(F)(F)C2)c2ccccc2I)n1. The molecule has 0 unspecified atom stereocenters. The Hall–Kier alpha value is -4.17. The third-order valence-corrected chi connectivity index (χ3v) is 8.03. The molecule has 2 heterocycles. The van der Waals surface area contributed by atoms with E-state index in [1.807, 2.05) is 22.6 Å². The van der Waals surface area contributed by atoms with E-state index in [0.29, 0.717) is 9.64 Å². The van der Waals surface area contributed by atoms with E-state index in [1.54, 1.807) is 24.3 Å². The Morgan fingerprint density at radius 1 is 1.16 bits per heavy atom. The molecule has 0 radical (unpaired) electrons. The first kappa shape index (κ1) is 30.3. The van der Waals surface area contributed by atoms with Crippen molar-refractivity contribution >= 4 is 51.9 Å². The van der Waals surface area contributed by atoms with Crippen molar-refractivity contribution in [2.24, 2.45) is 0 Å². The quantitative estimate of drug-likeness (QED) is 0.284. The second-order valence-electron chi connectivity index (χ2n) is 10.1. The lowest BCUT2D eigenvalue weighted by molar-refractivity contribution is -0.133. The molecule has 5 rings (SSSR count). The molecule has 1 aromatic heterocycles. The summed E-state index contributed by atoms with van der Waals surface area (Å²) in [7, 11) is 0. The van der Waals surface area contributed by atoms with Crippen molar-refractivity contribution < 1.29 is 37.1 Å². The Morgan fingerprint density at radius 3 is 2.47 bits per heavy atom. The third-order valence-electron chi connectivity index (χ3n) is 7.04. The molecule has 3 atom stereocenters. The van der Waals surface area contributed by atoms with Crippen molar-refractivity contribution in [3.8, 4) is 6.07 Å². The molecule has 222 valence electrons. The van der Waals surface area contributed by atoms with Crippen LogP contribution in [0.15, 0.2) is 54.7 Å². The van der Waals surface area contributed by atoms with Crippen molar-refractivity contribution in [2.45, 2.75) is 49.4 Å². The molecule has 1 aliphatic heterocycles. The minimum absolute atomic E-state index is 0.150. The number of rotatable bonds is 7. The number of carbonyl (C=O) groups excluding carboxylic acids is 3. The van der Waals surface area contributed by atoms with E-state index in [4.69, 9.17) is 0 Å². The van der Waals surface area contributed by atoms with Crippen LogP contribution in [0.3, 0.4) is 0 Å². The molecular weight excluding hydrogens is 687 g/mol. The number of aliphatic hydroxyl groups is 1. The van der Waals surface area contributed by atoms with Crippen LogP contribution in [0.2, 0.25) is 0 Å². The van der Waals surface area contributed by atoms with E-state index in [0.717, 1.165) is 28.1 Å². The van der Waals surface area contributed by atoms with Crippen LogP contribution in [0.4, 0.5) is 29.2 Å². The zero-order valence-corrected chi connectivity index (χ0v) is 24.1. The van der Waals surface area contributed by atoms with Gasteiger partial charge in [-0.25, -0.2) is 27.5 Å². The second kappa shape index (κ2) is 11.8. The molecular formula is C28H21F4IN6O4. The van der Waals surface area contributed by atoms with Gasteiger partial charge in [-0.2, -0.15) is 5.26 Å². The van der Waals surface area contributed by atoms with Gasteiger partial charge in [0, 0.05) is 41.1 Å². The summed E-state index contributed by atoms with van der Waals surface area (Å²) in [6.45, 7) is 0. The fourth-order valence-electron chi connectivity index (χ4n) is 5.09. The Balaban J connectivity index is 1.65. The summed E-state index contributed by atoms with van der Waals surface area (Å²) in [5.41, 5.74) is -0.367. The number of hydrogen-bond acceptors (Lipinski definition) is 7. The van der Waals surface area contributed by atoms with Gasteiger partial charge in [-0.3, -0.25) is 24.2 Å². The van der Waals surface area contributed by atoms with Gasteiger partial charge in [0.1, 0.15) is 41.6 Å². The van der Waals surface area contributed by atoms with Gasteiger partial charge < -0.3 is 10.4 Å². The summed E-state index contributed by atoms with van der Waals surface area (Å²) >= 11 is 1.90. The van der Waals surface area contributed by atoms with Gasteiger partial charge in [0.05, 0.1) is 5.69 Å². The molecule has 15 heteroatoms. The van der Waals surface area contributed by atoms with E-state index < -0.39 is 90.4 Å². The van der Waals surface area contributed by atoms with Crippen molar-refractivity contribution in [1.82, 2.24) is 15.3 Å². The number of hydrogen-bond donors (Lipinski definition) is 2. The normalized spacial score (nSPS) is 20.2. The number of amides is 3. The average molecular weight is 708 g/mol. The van der Waals surface area contributed by atoms with Gasteiger partial charge in [0.2, 0.25) is 11.9 Å². The maximum absolute atomic E-state index is 14.6. The van der Waals surface area contributed by atoms with Crippen molar-refractivity contribution in [1.29, 1.82) is 5.26 Å². The van der Waals surface area contributed by atoms with Gasteiger partial charge in [-0.15, -0.1) is 0 Å². The van der Waals surface area contributed by atoms with Crippen LogP contribution in [0.1, 0.15) is 36.6 Å². The number of halogens is 5. The summed E-state index contributed by atoms with van der Waals surface area (Å²) in [6.07, 6.45) is -2.33. The zero-order valence-electron chi connectivity index (χ0n) is 21.9. The fraction of sp³-hybridized carbons (Fsp3) is 0.286. The topological polar surface area (TPSA) is 140 Å². The summed E-state index contributed by atoms with van der Waals surface area (Å²) in [6, 6.07) is 7.32. The van der Waals surface area contributed by atoms with Gasteiger partial charge in [-0.1, -0.05) is 18.2 Å². The maximum atomic E-state index is 14.6. The number of aliphatic hydroxyl groups excluding tert-OH is 1. The number of nitrogens with zero attached hydrogens (tertiary/aromatic N) is 5. The molecule has 3 aromatic rings. The fourth-order valence-corrected chi connectivity index (χ4v) is 5.77. The average Bonchev–Trinajstić information content (AvgIpc) is 3.24. The third kappa shape index (κ3) is 6.15. The van der Waals surface area contributed by atoms with Crippen LogP contribution in [0.5, 0.6) is 0 Å². The Labute approximate surface area is 255 Å². The molecule has 0 bridgehead atoms. The molecule has 43 heavy (non-hydrogen) atoms. The molecule has 2 N–H and O–H groups in total. The number of nitriles is 1. The molecule has 1 saturated heterocycles. The molecule has 2 aromatic carbocycles. The van der Waals surface area contributed by atoms with E-state index in [1.165, 1.54) is 12.1 Å². The molecule has 10 nitrogen and oxygen atoms in total. The highest BCUT2D eigenvalue weighted by atomic mass is 127. The monoisotopic (exact) mass is 708 g/mol. The number of anilines is 2. The molecule has 2 aliphatic rings. The van der Waals surface area contributed by atoms with Gasteiger partial charge in [0.25, 0.3) is 17.7 Å². The Bertz CT molecular complexity index is 1630. The zero-order chi connectivity index (χ0) is 31.1. The number of carbonyl (C=O) groups is 3. The standard InChI is InChI=1S/C28H21F4IN6O4/c29-14-7-15(30)9-18(8-14)38(23(19-3-1-2-4-20(19)33)24(41)36-17-11-28(31,32)12-17)25(42)21-10-22(40)26(43)39(21)27-35-6-5-16(13-34)37-27/h1-9,17,21-23,40H,10-12H2,(H,36,41)/t21-,22+,23+/m0/s1. The van der Waals surface area contributed by atoms with Crippen molar-refractivity contribution in [3.05, 3.63) is 81.2 Å². The maximum Gasteiger partial charge on any atom is 0.259 e. The van der Waals surface area contributed by atoms with Crippen LogP contribution in [-0.4, -0.2) is 56.9 Å². The van der Waals surface area contributed by atoms with E-state index in [9.17, 15) is 42.3 Å². The lowest BCUT2D eigenvalue weighted by Crippen LogP contribution is -2.56. The molecule has 0 spiro atoms. The van der Waals surface area contributed by atoms with Crippen molar-refractivity contribution in [2.75, 3.05) is 9.80 Å². The number of aromatic nitrogens is 2. The predicted molar refractivity (Wildman–Crippen MR) is 151 cm³/mol. The van der Waals surface area contributed by atoms with Crippen LogP contribution in [-0.2, 0) is 14.4 Å². The molecule has 2 fully saturated rings. The number of nitrogens with one attached hydrogen (secondary N) is 1. The summed E-state index contributed by atoms with van der Waals surface area (Å²) in [5, 5.41) is 22.3. The minimum Gasteiger partial charge on any atom is -0.383 e. The number of alkyl halides is 2. The predicted octanol–water partition coefficient (Wildman–Crippen LogP) is 3.39.